The van der Waals surface area contributed by atoms with Crippen molar-refractivity contribution in [1.82, 2.24) is 5.32 Å². The van der Waals surface area contributed by atoms with Crippen LogP contribution in [0.5, 0.6) is 0 Å². The molecule has 1 amide bonds. The smallest absolute Gasteiger partial charge is 0.251 e. The number of nitrogens with two attached hydrogens (primary N) is 1. The molecule has 1 rings (SSSR count). The van der Waals surface area contributed by atoms with E-state index in [9.17, 15) is 4.79 Å². The summed E-state index contributed by atoms with van der Waals surface area (Å²) in [5.41, 5.74) is 7.15. The van der Waals surface area contributed by atoms with E-state index in [2.05, 4.69) is 19.2 Å². The van der Waals surface area contributed by atoms with Gasteiger partial charge in [-0.25, -0.2) is 0 Å². The molecule has 1 aromatic carbocycles. The quantitative estimate of drug-likeness (QED) is 0.883. The molecule has 0 spiro atoms. The van der Waals surface area contributed by atoms with Gasteiger partial charge < -0.3 is 11.1 Å². The van der Waals surface area contributed by atoms with Crippen molar-refractivity contribution in [3.8, 4) is 0 Å². The number of aryl methyl sites for hydroxylation is 1. The first-order valence-corrected chi connectivity index (χ1v) is 5.98. The predicted octanol–water partition coefficient (Wildman–Crippen LogP) is 2.52. The third-order valence-corrected chi connectivity index (χ3v) is 3.38. The second kappa shape index (κ2) is 6.76. The Hall–Kier alpha value is -1.06. The molecule has 0 aromatic heterocycles. The molecule has 0 radical (unpaired) electrons. The van der Waals surface area contributed by atoms with E-state index in [4.69, 9.17) is 5.73 Å². The summed E-state index contributed by atoms with van der Waals surface area (Å²) in [6.07, 6.45) is 0. The van der Waals surface area contributed by atoms with E-state index in [0.29, 0.717) is 18.0 Å². The lowest BCUT2D eigenvalue weighted by Gasteiger charge is -2.33. The maximum absolute atomic E-state index is 12.1. The van der Waals surface area contributed by atoms with E-state index in [1.165, 1.54) is 0 Å². The Labute approximate surface area is 116 Å². The first kappa shape index (κ1) is 16.9. The van der Waals surface area contributed by atoms with Crippen LogP contribution >= 0.6 is 12.4 Å². The Morgan fingerprint density at radius 2 is 2.06 bits per heavy atom. The maximum atomic E-state index is 12.1. The zero-order valence-corrected chi connectivity index (χ0v) is 12.3. The van der Waals surface area contributed by atoms with E-state index in [1.807, 2.05) is 38.1 Å². The number of hydrogen-bond donors (Lipinski definition) is 2. The van der Waals surface area contributed by atoms with Crippen molar-refractivity contribution < 1.29 is 4.79 Å². The van der Waals surface area contributed by atoms with Crippen molar-refractivity contribution in [3.63, 3.8) is 0 Å². The lowest BCUT2D eigenvalue weighted by atomic mass is 9.88. The molecule has 0 aliphatic carbocycles. The number of halogens is 1. The van der Waals surface area contributed by atoms with Crippen LogP contribution in [0.15, 0.2) is 24.3 Å². The molecular weight excluding hydrogens is 248 g/mol. The minimum Gasteiger partial charge on any atom is -0.345 e. The van der Waals surface area contributed by atoms with Crippen molar-refractivity contribution in [1.29, 1.82) is 0 Å². The molecule has 0 aliphatic heterocycles. The molecule has 3 N–H and O–H groups in total. The molecule has 0 aliphatic rings. The van der Waals surface area contributed by atoms with Gasteiger partial charge in [-0.15, -0.1) is 12.4 Å². The van der Waals surface area contributed by atoms with E-state index in [1.54, 1.807) is 0 Å². The highest BCUT2D eigenvalue weighted by Crippen LogP contribution is 2.16. The predicted molar refractivity (Wildman–Crippen MR) is 78.2 cm³/mol. The number of amides is 1. The molecule has 0 fully saturated rings. The minimum atomic E-state index is -0.360. The zero-order chi connectivity index (χ0) is 13.1. The third-order valence-electron chi connectivity index (χ3n) is 3.38. The van der Waals surface area contributed by atoms with Gasteiger partial charge in [0, 0.05) is 12.1 Å². The molecule has 1 atom stereocenters. The fourth-order valence-electron chi connectivity index (χ4n) is 1.55. The molecule has 0 bridgehead atoms. The lowest BCUT2D eigenvalue weighted by Crippen LogP contribution is -2.55. The first-order chi connectivity index (χ1) is 7.89. The summed E-state index contributed by atoms with van der Waals surface area (Å²) in [5, 5.41) is 3.02. The Balaban J connectivity index is 0.00000289. The molecule has 102 valence electrons. The molecule has 1 unspecified atom stereocenters. The van der Waals surface area contributed by atoms with E-state index in [-0.39, 0.29) is 23.9 Å². The average Bonchev–Trinajstić information content (AvgIpc) is 2.28. The summed E-state index contributed by atoms with van der Waals surface area (Å²) in [6.45, 7) is 8.50. The second-order valence-corrected chi connectivity index (χ2v) is 5.10. The van der Waals surface area contributed by atoms with Gasteiger partial charge in [0.1, 0.15) is 0 Å². The van der Waals surface area contributed by atoms with Crippen molar-refractivity contribution in [2.45, 2.75) is 33.2 Å². The summed E-state index contributed by atoms with van der Waals surface area (Å²) in [6, 6.07) is 7.56. The van der Waals surface area contributed by atoms with Crippen LogP contribution < -0.4 is 11.1 Å². The van der Waals surface area contributed by atoms with E-state index in [0.717, 1.165) is 5.56 Å². The Morgan fingerprint density at radius 3 is 2.50 bits per heavy atom. The van der Waals surface area contributed by atoms with Crippen molar-refractivity contribution >= 4 is 18.3 Å². The minimum absolute atomic E-state index is 0. The number of hydrogen-bond acceptors (Lipinski definition) is 2. The summed E-state index contributed by atoms with van der Waals surface area (Å²) in [5.74, 6) is 0.233. The SMILES string of the molecule is Cc1cccc(C(=O)NC(C)(CN)C(C)C)c1.Cl. The Bertz CT molecular complexity index is 407. The van der Waals surface area contributed by atoms with Crippen LogP contribution in [0, 0.1) is 12.8 Å². The van der Waals surface area contributed by atoms with Gasteiger partial charge in [-0.2, -0.15) is 0 Å². The number of rotatable bonds is 4. The van der Waals surface area contributed by atoms with Crippen LogP contribution in [-0.2, 0) is 0 Å². The van der Waals surface area contributed by atoms with E-state index >= 15 is 0 Å². The van der Waals surface area contributed by atoms with Gasteiger partial charge in [-0.3, -0.25) is 4.79 Å². The second-order valence-electron chi connectivity index (χ2n) is 5.10. The van der Waals surface area contributed by atoms with Crippen LogP contribution in [0.4, 0.5) is 0 Å². The normalized spacial score (nSPS) is 13.7. The lowest BCUT2D eigenvalue weighted by molar-refractivity contribution is 0.0883. The topological polar surface area (TPSA) is 55.1 Å². The molecule has 0 saturated heterocycles. The van der Waals surface area contributed by atoms with Crippen molar-refractivity contribution in [2.75, 3.05) is 6.54 Å². The van der Waals surface area contributed by atoms with Gasteiger partial charge in [0.05, 0.1) is 5.54 Å². The van der Waals surface area contributed by atoms with Crippen molar-refractivity contribution in [3.05, 3.63) is 35.4 Å². The molecule has 0 saturated carbocycles. The summed E-state index contributed by atoms with van der Waals surface area (Å²) >= 11 is 0. The largest absolute Gasteiger partial charge is 0.345 e. The third kappa shape index (κ3) is 4.00. The highest BCUT2D eigenvalue weighted by atomic mass is 35.5. The first-order valence-electron chi connectivity index (χ1n) is 5.98. The molecule has 3 nitrogen and oxygen atoms in total. The monoisotopic (exact) mass is 270 g/mol. The standard InChI is InChI=1S/C14H22N2O.ClH/c1-10(2)14(4,9-15)16-13(17)12-7-5-6-11(3)8-12;/h5-8,10H,9,15H2,1-4H3,(H,16,17);1H. The van der Waals surface area contributed by atoms with Gasteiger partial charge in [0.2, 0.25) is 0 Å². The van der Waals surface area contributed by atoms with Crippen LogP contribution in [0.25, 0.3) is 0 Å². The average molecular weight is 271 g/mol. The zero-order valence-electron chi connectivity index (χ0n) is 11.5. The van der Waals surface area contributed by atoms with Crippen LogP contribution in [-0.4, -0.2) is 18.0 Å². The van der Waals surface area contributed by atoms with Gasteiger partial charge in [0.25, 0.3) is 5.91 Å². The van der Waals surface area contributed by atoms with Crippen LogP contribution in [0.1, 0.15) is 36.7 Å². The molecular formula is C14H23ClN2O. The van der Waals surface area contributed by atoms with Gasteiger partial charge in [-0.1, -0.05) is 31.5 Å². The Kier molecular flexibility index (Phi) is 6.36. The highest BCUT2D eigenvalue weighted by Gasteiger charge is 2.28. The maximum Gasteiger partial charge on any atom is 0.251 e. The van der Waals surface area contributed by atoms with Gasteiger partial charge in [-0.05, 0) is 31.9 Å². The number of carbonyl (C=O) groups is 1. The van der Waals surface area contributed by atoms with Gasteiger partial charge >= 0.3 is 0 Å². The van der Waals surface area contributed by atoms with Crippen molar-refractivity contribution in [2.24, 2.45) is 11.7 Å². The molecule has 0 heterocycles. The Morgan fingerprint density at radius 1 is 1.44 bits per heavy atom. The summed E-state index contributed by atoms with van der Waals surface area (Å²) in [7, 11) is 0. The number of carbonyl (C=O) groups excluding carboxylic acids is 1. The summed E-state index contributed by atoms with van der Waals surface area (Å²) < 4.78 is 0. The fraction of sp³-hybridized carbons (Fsp3) is 0.500. The van der Waals surface area contributed by atoms with Crippen LogP contribution in [0.3, 0.4) is 0 Å². The molecule has 18 heavy (non-hydrogen) atoms. The number of benzene rings is 1. The van der Waals surface area contributed by atoms with E-state index < -0.39 is 0 Å². The van der Waals surface area contributed by atoms with Gasteiger partial charge in [0.15, 0.2) is 0 Å². The van der Waals surface area contributed by atoms with Crippen LogP contribution in [0.2, 0.25) is 0 Å². The fourth-order valence-corrected chi connectivity index (χ4v) is 1.55. The number of nitrogens with one attached hydrogen (secondary N) is 1. The molecule has 1 aromatic rings. The summed E-state index contributed by atoms with van der Waals surface area (Å²) in [4.78, 5) is 12.1. The molecule has 4 heteroatoms. The highest BCUT2D eigenvalue weighted by molar-refractivity contribution is 5.94.